The predicted molar refractivity (Wildman–Crippen MR) is 582 cm³/mol. The van der Waals surface area contributed by atoms with Gasteiger partial charge in [-0.3, -0.25) is 0 Å². The largest absolute Gasteiger partial charge is 0.456 e. The van der Waals surface area contributed by atoms with Gasteiger partial charge in [0, 0.05) is 119 Å². The van der Waals surface area contributed by atoms with Crippen molar-refractivity contribution in [3.63, 3.8) is 0 Å². The van der Waals surface area contributed by atoms with E-state index in [0.717, 1.165) is 51.2 Å². The standard InChI is InChI=1S/2C46H31NO.C43H25NOS/c1-45(2)33-19-5-3-15-32(33)42-29(16-11-22-36(42)45)31-18-13-24-38-44(31)48-41-27-10-7-21-35(41)46(38)34-20-6-9-26-40(34)47-39-25-8-4-14-28(39)30-17-12-23-37(46)43(30)47;1-45(2)34-17-5-3-13-30(34)33-27-28(25-26-35(33)45)29-15-11-21-39-44(29)48-42-24-10-7-19-37(42)46(39)36-18-6-9-23-41(36)47-40-22-8-4-14-31(40)32-16-12-20-38(46)43(32)47;1-5-22-36-26(12-1)28-14-10-20-34-40(28)44(36)37-23-6-3-18-32(37)43(34)33-19-4-7-24-38(33)45-41-29(15-11-21-35(41)43)31-17-9-16-30-27-13-2-8-25-39(27)46-42(30)31/h2*3-27H,1-2H3;1-25H. The topological polar surface area (TPSA) is 42.5 Å². The number of aromatic nitrogens is 3. The fourth-order valence-electron chi connectivity index (χ4n) is 27.5. The number of benzene rings is 21. The van der Waals surface area contributed by atoms with Crippen molar-refractivity contribution in [3.05, 3.63) is 544 Å². The summed E-state index contributed by atoms with van der Waals surface area (Å²) < 4.78 is 31.3. The highest BCUT2D eigenvalue weighted by atomic mass is 32.1. The zero-order valence-electron chi connectivity index (χ0n) is 78.3. The zero-order valence-corrected chi connectivity index (χ0v) is 79.1. The first-order valence-electron chi connectivity index (χ1n) is 49.5. The van der Waals surface area contributed by atoms with Crippen LogP contribution in [0, 0.1) is 0 Å². The first-order chi connectivity index (χ1) is 70.0. The second-order valence-corrected chi connectivity index (χ2v) is 41.5. The summed E-state index contributed by atoms with van der Waals surface area (Å²) in [5.41, 5.74) is 41.7. The summed E-state index contributed by atoms with van der Waals surface area (Å²) in [5.74, 6) is 5.51. The van der Waals surface area contributed by atoms with E-state index in [1.165, 1.54) is 231 Å². The molecule has 2 aliphatic carbocycles. The van der Waals surface area contributed by atoms with Gasteiger partial charge in [0.2, 0.25) is 0 Å². The van der Waals surface area contributed by atoms with Crippen LogP contribution in [0.25, 0.3) is 158 Å². The molecule has 6 nitrogen and oxygen atoms in total. The van der Waals surface area contributed by atoms with E-state index in [1.807, 2.05) is 11.3 Å². The number of ether oxygens (including phenoxy) is 3. The van der Waals surface area contributed by atoms with Crippen LogP contribution in [0.1, 0.15) is 117 Å². The van der Waals surface area contributed by atoms with Crippen molar-refractivity contribution in [2.24, 2.45) is 0 Å². The SMILES string of the molecule is CC1(C)c2ccccc2-c2c(-c3cccc4c3Oc3ccccc3C43c4ccccc4-n4c5ccccc5c5cccc3c54)cccc21.CC1(C)c2ccccc2-c2cc(-c3cccc4c3Oc3ccccc3C43c4ccccc4-n4c5ccccc5c5cccc3c54)ccc21.c1ccc2c(c1)Oc1c(-c3cccc4c3sc3ccccc34)cccc1C21c2ccccc2-n2c3ccccc3c3cccc1c32. The summed E-state index contributed by atoms with van der Waals surface area (Å²) >= 11 is 1.86. The molecule has 25 aromatic rings. The number of hydrogen-bond acceptors (Lipinski definition) is 4. The van der Waals surface area contributed by atoms with Gasteiger partial charge in [-0.25, -0.2) is 0 Å². The number of fused-ring (bicyclic) bond motifs is 42. The molecule has 4 aromatic heterocycles. The van der Waals surface area contributed by atoms with Crippen molar-refractivity contribution in [1.29, 1.82) is 0 Å². The Morgan fingerprint density at radius 2 is 0.500 bits per heavy atom. The average molecular weight is 1830 g/mol. The second-order valence-electron chi connectivity index (χ2n) is 40.4. The van der Waals surface area contributed by atoms with Crippen molar-refractivity contribution < 1.29 is 14.2 Å². The van der Waals surface area contributed by atoms with Crippen LogP contribution in [-0.2, 0) is 27.1 Å². The lowest BCUT2D eigenvalue weighted by Gasteiger charge is -2.45. The normalized spacial score (nSPS) is 17.0. The van der Waals surface area contributed by atoms with Gasteiger partial charge in [0.05, 0.1) is 66.4 Å². The molecule has 3 unspecified atom stereocenters. The monoisotopic (exact) mass is 1830 g/mol. The van der Waals surface area contributed by atoms with E-state index in [4.69, 9.17) is 14.2 Å². The highest BCUT2D eigenvalue weighted by molar-refractivity contribution is 7.26. The predicted octanol–water partition coefficient (Wildman–Crippen LogP) is 34.7. The van der Waals surface area contributed by atoms with Gasteiger partial charge in [-0.15, -0.1) is 11.3 Å². The summed E-state index contributed by atoms with van der Waals surface area (Å²) in [4.78, 5) is 0. The quantitative estimate of drug-likeness (QED) is 0.177. The maximum absolute atomic E-state index is 7.14. The van der Waals surface area contributed by atoms with Crippen molar-refractivity contribution in [2.45, 2.75) is 54.8 Å². The molecule has 0 saturated heterocycles. The van der Waals surface area contributed by atoms with Crippen LogP contribution in [0.2, 0.25) is 0 Å². The third-order valence-electron chi connectivity index (χ3n) is 33.2. The highest BCUT2D eigenvalue weighted by Crippen LogP contribution is 2.68. The van der Waals surface area contributed by atoms with Gasteiger partial charge >= 0.3 is 0 Å². The minimum atomic E-state index is -0.588. The van der Waals surface area contributed by atoms with E-state index >= 15 is 0 Å². The van der Waals surface area contributed by atoms with Gasteiger partial charge in [0.1, 0.15) is 34.5 Å². The van der Waals surface area contributed by atoms with Gasteiger partial charge in [-0.2, -0.15) is 0 Å². The van der Waals surface area contributed by atoms with E-state index in [9.17, 15) is 0 Å². The Hall–Kier alpha value is -17.4. The fraction of sp³-hybridized carbons (Fsp3) is 0.0667. The van der Waals surface area contributed by atoms with E-state index in [2.05, 4.69) is 496 Å². The van der Waals surface area contributed by atoms with Crippen LogP contribution in [0.15, 0.2) is 455 Å². The molecule has 666 valence electrons. The Morgan fingerprint density at radius 1 is 0.197 bits per heavy atom. The molecular formula is C135H87N3O3S. The van der Waals surface area contributed by atoms with Crippen molar-refractivity contribution >= 4 is 96.9 Å². The summed E-state index contributed by atoms with van der Waals surface area (Å²) in [7, 11) is 0. The van der Waals surface area contributed by atoms with Crippen molar-refractivity contribution in [1.82, 2.24) is 13.7 Å². The molecule has 3 atom stereocenters. The lowest BCUT2D eigenvalue weighted by molar-refractivity contribution is 0.435. The zero-order chi connectivity index (χ0) is 93.5. The molecule has 33 rings (SSSR count). The van der Waals surface area contributed by atoms with Crippen LogP contribution >= 0.6 is 11.3 Å². The fourth-order valence-corrected chi connectivity index (χ4v) is 28.7. The summed E-state index contributed by atoms with van der Waals surface area (Å²) in [6.45, 7) is 9.38. The van der Waals surface area contributed by atoms with E-state index in [1.54, 1.807) is 0 Å². The Bertz CT molecular complexity index is 9920. The number of para-hydroxylation sites is 15. The molecule has 0 fully saturated rings. The summed E-state index contributed by atoms with van der Waals surface area (Å²) in [6, 6.07) is 168. The smallest absolute Gasteiger partial charge is 0.140 e. The van der Waals surface area contributed by atoms with E-state index in [0.29, 0.717) is 0 Å². The van der Waals surface area contributed by atoms with Gasteiger partial charge in [-0.05, 0) is 156 Å². The van der Waals surface area contributed by atoms with E-state index in [-0.39, 0.29) is 10.8 Å². The number of thiophene rings is 1. The minimum absolute atomic E-state index is 0.0387. The Kier molecular flexibility index (Phi) is 16.2. The minimum Gasteiger partial charge on any atom is -0.456 e. The van der Waals surface area contributed by atoms with Crippen LogP contribution < -0.4 is 14.2 Å². The molecular weight excluding hydrogens is 1740 g/mol. The lowest BCUT2D eigenvalue weighted by Crippen LogP contribution is -2.37. The van der Waals surface area contributed by atoms with Gasteiger partial charge < -0.3 is 27.9 Å². The molecule has 7 heteroatoms. The van der Waals surface area contributed by atoms with Crippen molar-refractivity contribution in [3.8, 4) is 107 Å². The molecule has 3 spiro atoms. The Balaban J connectivity index is 0.0000000977. The van der Waals surface area contributed by atoms with Crippen LogP contribution in [0.3, 0.4) is 0 Å². The molecule has 8 aliphatic rings. The molecule has 0 saturated carbocycles. The van der Waals surface area contributed by atoms with Crippen molar-refractivity contribution in [2.75, 3.05) is 0 Å². The molecule has 21 aromatic carbocycles. The first kappa shape index (κ1) is 79.7. The third kappa shape index (κ3) is 10.1. The first-order valence-corrected chi connectivity index (χ1v) is 50.3. The summed E-state index contributed by atoms with van der Waals surface area (Å²) in [6.07, 6.45) is 0. The van der Waals surface area contributed by atoms with Crippen LogP contribution in [0.4, 0.5) is 0 Å². The molecule has 0 bridgehead atoms. The third-order valence-corrected chi connectivity index (χ3v) is 34.4. The number of nitrogens with zero attached hydrogens (tertiary/aromatic N) is 3. The summed E-state index contributed by atoms with van der Waals surface area (Å²) in [5, 5.41) is 10.2. The van der Waals surface area contributed by atoms with Gasteiger partial charge in [0.15, 0.2) is 0 Å². The van der Waals surface area contributed by atoms with Gasteiger partial charge in [0.25, 0.3) is 0 Å². The second kappa shape index (κ2) is 28.9. The molecule has 10 heterocycles. The Morgan fingerprint density at radius 3 is 0.986 bits per heavy atom. The van der Waals surface area contributed by atoms with Crippen LogP contribution in [0.5, 0.6) is 34.5 Å². The molecule has 0 amide bonds. The lowest BCUT2D eigenvalue weighted by atomic mass is 9.61. The molecule has 0 radical (unpaired) electrons. The molecule has 6 aliphatic heterocycles. The maximum Gasteiger partial charge on any atom is 0.140 e. The van der Waals surface area contributed by atoms with Crippen LogP contribution in [-0.4, -0.2) is 13.7 Å². The maximum atomic E-state index is 7.14. The highest BCUT2D eigenvalue weighted by Gasteiger charge is 2.56. The number of hydrogen-bond donors (Lipinski definition) is 0. The van der Waals surface area contributed by atoms with E-state index < -0.39 is 16.2 Å². The number of rotatable bonds is 3. The molecule has 0 N–H and O–H groups in total. The molecule has 142 heavy (non-hydrogen) atoms. The van der Waals surface area contributed by atoms with Gasteiger partial charge in [-0.1, -0.05) is 416 Å². The Labute approximate surface area is 824 Å². The average Bonchev–Trinajstić information content (AvgIpc) is 1.37.